The smallest absolute Gasteiger partial charge is 0.148 e. The first kappa shape index (κ1) is 16.6. The first-order valence-electron chi connectivity index (χ1n) is 6.17. The van der Waals surface area contributed by atoms with E-state index >= 15 is 0 Å². The van der Waals surface area contributed by atoms with Crippen molar-refractivity contribution in [3.63, 3.8) is 0 Å². The van der Waals surface area contributed by atoms with E-state index in [4.69, 9.17) is 0 Å². The molecule has 0 saturated carbocycles. The number of hydrogen-bond donors (Lipinski definition) is 1. The molecule has 0 bridgehead atoms. The maximum absolute atomic E-state index is 13.7. The van der Waals surface area contributed by atoms with Gasteiger partial charge in [-0.2, -0.15) is 0 Å². The van der Waals surface area contributed by atoms with Crippen LogP contribution in [0.4, 0.5) is 4.39 Å². The van der Waals surface area contributed by atoms with Crippen LogP contribution in [0.15, 0.2) is 22.7 Å². The Hall–Kier alpha value is -0.460. The van der Waals surface area contributed by atoms with Crippen molar-refractivity contribution < 1.29 is 12.8 Å². The lowest BCUT2D eigenvalue weighted by Gasteiger charge is -2.18. The average Bonchev–Trinajstić information content (AvgIpc) is 2.29. The summed E-state index contributed by atoms with van der Waals surface area (Å²) in [7, 11) is -3.09. The molecule has 3 nitrogen and oxygen atoms in total. The highest BCUT2D eigenvalue weighted by atomic mass is 79.9. The highest BCUT2D eigenvalue weighted by Crippen LogP contribution is 2.17. The van der Waals surface area contributed by atoms with Crippen LogP contribution in [-0.2, 0) is 16.3 Å². The van der Waals surface area contributed by atoms with E-state index in [1.54, 1.807) is 12.1 Å². The number of sulfone groups is 1. The Bertz CT molecular complexity index is 519. The summed E-state index contributed by atoms with van der Waals surface area (Å²) in [6.45, 7) is 2.72. The van der Waals surface area contributed by atoms with Crippen LogP contribution in [0.5, 0.6) is 0 Å². The first-order valence-corrected chi connectivity index (χ1v) is 9.02. The van der Waals surface area contributed by atoms with Crippen LogP contribution >= 0.6 is 15.9 Å². The molecular formula is C13H19BrFNO2S. The van der Waals surface area contributed by atoms with Gasteiger partial charge in [0.15, 0.2) is 0 Å². The van der Waals surface area contributed by atoms with Gasteiger partial charge in [-0.1, -0.05) is 22.9 Å². The zero-order valence-corrected chi connectivity index (χ0v) is 13.5. The molecule has 0 aliphatic rings. The van der Waals surface area contributed by atoms with Crippen LogP contribution < -0.4 is 5.32 Å². The van der Waals surface area contributed by atoms with Crippen LogP contribution in [0.25, 0.3) is 0 Å². The van der Waals surface area contributed by atoms with Crippen LogP contribution in [0.1, 0.15) is 18.9 Å². The van der Waals surface area contributed by atoms with Gasteiger partial charge < -0.3 is 5.32 Å². The fourth-order valence-electron chi connectivity index (χ4n) is 1.87. The molecule has 0 saturated heterocycles. The zero-order valence-electron chi connectivity index (χ0n) is 11.1. The van der Waals surface area contributed by atoms with Gasteiger partial charge in [0.25, 0.3) is 0 Å². The summed E-state index contributed by atoms with van der Waals surface area (Å²) in [5.41, 5.74) is 0.520. The summed E-state index contributed by atoms with van der Waals surface area (Å²) in [5.74, 6) is -0.293. The highest BCUT2D eigenvalue weighted by molar-refractivity contribution is 9.10. The largest absolute Gasteiger partial charge is 0.313 e. The Morgan fingerprint density at radius 3 is 2.68 bits per heavy atom. The fourth-order valence-corrected chi connectivity index (χ4v) is 3.24. The SMILES string of the molecule is CCCNC(Cc1cc(Br)ccc1F)CS(C)(=O)=O. The van der Waals surface area contributed by atoms with Crippen LogP contribution in [0.2, 0.25) is 0 Å². The minimum absolute atomic E-state index is 0.0129. The van der Waals surface area contributed by atoms with Crippen LogP contribution in [0, 0.1) is 5.82 Å². The molecule has 1 atom stereocenters. The van der Waals surface area contributed by atoms with Gasteiger partial charge in [-0.3, -0.25) is 0 Å². The summed E-state index contributed by atoms with van der Waals surface area (Å²) >= 11 is 3.29. The van der Waals surface area contributed by atoms with Crippen molar-refractivity contribution in [3.05, 3.63) is 34.1 Å². The van der Waals surface area contributed by atoms with E-state index in [-0.39, 0.29) is 17.6 Å². The van der Waals surface area contributed by atoms with Gasteiger partial charge >= 0.3 is 0 Å². The predicted molar refractivity (Wildman–Crippen MR) is 79.6 cm³/mol. The summed E-state index contributed by atoms with van der Waals surface area (Å²) in [6, 6.07) is 4.44. The number of halogens is 2. The molecule has 0 aromatic heterocycles. The lowest BCUT2D eigenvalue weighted by Crippen LogP contribution is -2.38. The molecule has 0 aliphatic carbocycles. The molecule has 0 amide bonds. The molecule has 0 spiro atoms. The summed E-state index contributed by atoms with van der Waals surface area (Å²) in [5, 5.41) is 3.16. The van der Waals surface area contributed by atoms with Gasteiger partial charge in [-0.25, -0.2) is 12.8 Å². The lowest BCUT2D eigenvalue weighted by atomic mass is 10.1. The van der Waals surface area contributed by atoms with Crippen molar-refractivity contribution in [2.45, 2.75) is 25.8 Å². The molecule has 1 unspecified atom stereocenters. The fraction of sp³-hybridized carbons (Fsp3) is 0.538. The van der Waals surface area contributed by atoms with Crippen LogP contribution in [-0.4, -0.2) is 33.0 Å². The Labute approximate surface area is 122 Å². The van der Waals surface area contributed by atoms with Gasteiger partial charge in [0.1, 0.15) is 15.7 Å². The van der Waals surface area contributed by atoms with Crippen molar-refractivity contribution >= 4 is 25.8 Å². The maximum Gasteiger partial charge on any atom is 0.148 e. The molecular weight excluding hydrogens is 333 g/mol. The molecule has 19 heavy (non-hydrogen) atoms. The molecule has 1 rings (SSSR count). The van der Waals surface area contributed by atoms with E-state index in [1.807, 2.05) is 6.92 Å². The Morgan fingerprint density at radius 2 is 2.11 bits per heavy atom. The van der Waals surface area contributed by atoms with Crippen molar-refractivity contribution in [2.24, 2.45) is 0 Å². The van der Waals surface area contributed by atoms with E-state index < -0.39 is 9.84 Å². The third kappa shape index (κ3) is 6.49. The molecule has 0 fully saturated rings. The normalized spacial score (nSPS) is 13.5. The summed E-state index contributed by atoms with van der Waals surface area (Å²) in [6.07, 6.45) is 2.46. The molecule has 1 aromatic carbocycles. The molecule has 1 aromatic rings. The monoisotopic (exact) mass is 351 g/mol. The molecule has 108 valence electrons. The minimum Gasteiger partial charge on any atom is -0.313 e. The maximum atomic E-state index is 13.7. The Balaban J connectivity index is 2.83. The first-order chi connectivity index (χ1) is 8.81. The molecule has 0 aliphatic heterocycles. The Morgan fingerprint density at radius 1 is 1.42 bits per heavy atom. The summed E-state index contributed by atoms with van der Waals surface area (Å²) in [4.78, 5) is 0. The minimum atomic E-state index is -3.09. The van der Waals surface area contributed by atoms with E-state index in [0.29, 0.717) is 12.0 Å². The van der Waals surface area contributed by atoms with E-state index in [1.165, 1.54) is 12.3 Å². The van der Waals surface area contributed by atoms with E-state index in [0.717, 1.165) is 17.4 Å². The van der Waals surface area contributed by atoms with Gasteiger partial charge in [-0.15, -0.1) is 0 Å². The van der Waals surface area contributed by atoms with Crippen molar-refractivity contribution in [3.8, 4) is 0 Å². The molecule has 0 heterocycles. The van der Waals surface area contributed by atoms with Crippen LogP contribution in [0.3, 0.4) is 0 Å². The second-order valence-electron chi connectivity index (χ2n) is 4.68. The van der Waals surface area contributed by atoms with Gasteiger partial charge in [0, 0.05) is 16.8 Å². The molecule has 6 heteroatoms. The highest BCUT2D eigenvalue weighted by Gasteiger charge is 2.17. The predicted octanol–water partition coefficient (Wildman–Crippen LogP) is 2.54. The van der Waals surface area contributed by atoms with E-state index in [9.17, 15) is 12.8 Å². The van der Waals surface area contributed by atoms with Crippen molar-refractivity contribution in [2.75, 3.05) is 18.6 Å². The topological polar surface area (TPSA) is 46.2 Å². The van der Waals surface area contributed by atoms with Gasteiger partial charge in [-0.05, 0) is 43.1 Å². The number of benzene rings is 1. The third-order valence-corrected chi connectivity index (χ3v) is 4.16. The molecule has 1 N–H and O–H groups in total. The van der Waals surface area contributed by atoms with Crippen molar-refractivity contribution in [1.29, 1.82) is 0 Å². The number of nitrogens with one attached hydrogen (secondary N) is 1. The number of hydrogen-bond acceptors (Lipinski definition) is 3. The van der Waals surface area contributed by atoms with E-state index in [2.05, 4.69) is 21.2 Å². The number of rotatable bonds is 7. The van der Waals surface area contributed by atoms with Gasteiger partial charge in [0.05, 0.1) is 5.75 Å². The standard InChI is InChI=1S/C13H19BrFNO2S/c1-3-6-16-12(9-19(2,17)18)8-10-7-11(14)4-5-13(10)15/h4-5,7,12,16H,3,6,8-9H2,1-2H3. The third-order valence-electron chi connectivity index (χ3n) is 2.66. The second-order valence-corrected chi connectivity index (χ2v) is 7.78. The van der Waals surface area contributed by atoms with Gasteiger partial charge in [0.2, 0.25) is 0 Å². The Kier molecular flexibility index (Phi) is 6.42. The average molecular weight is 352 g/mol. The second kappa shape index (κ2) is 7.36. The van der Waals surface area contributed by atoms with Crippen molar-refractivity contribution in [1.82, 2.24) is 5.32 Å². The zero-order chi connectivity index (χ0) is 14.5. The summed E-state index contributed by atoms with van der Waals surface area (Å²) < 4.78 is 37.3. The lowest BCUT2D eigenvalue weighted by molar-refractivity contribution is 0.516. The molecule has 0 radical (unpaired) electrons. The quantitative estimate of drug-likeness (QED) is 0.820.